The topological polar surface area (TPSA) is 306 Å². The van der Waals surface area contributed by atoms with Gasteiger partial charge in [-0.2, -0.15) is 0 Å². The van der Waals surface area contributed by atoms with Crippen LogP contribution in [-0.2, 0) is 0 Å². The highest BCUT2D eigenvalue weighted by Gasteiger charge is 2.29. The standard InChI is InChI=1S/C54H66F2N12O11/c1-33-34-6-2-7-35(33)48(73)58-15-22-67-26-19-61-51(76)37-9-3-8-36(43(37)69)49(74)59-16-23-65(21-14-57-47(34)72)28-29-66-24-17-60-50(75)38-10-4-11-39(44(38)70)52(77)63-20-27-68(31-30-67)32-42(46(55)56)64-54(79)41-13-5-12-40(45(41)71)53(78)62-18-25-66/h2-13,42,46,69-71H,14-32H2,1H3,(H,57,72)(H,58,73)(H,59,74)(H,60,75)(H,61,76)(H,62,78)(H,63,77)(H,64,79). The number of rotatable bonds is 1. The van der Waals surface area contributed by atoms with Crippen molar-refractivity contribution in [2.24, 2.45) is 0 Å². The average molecular weight is 1100 g/mol. The zero-order valence-corrected chi connectivity index (χ0v) is 43.7. The van der Waals surface area contributed by atoms with Gasteiger partial charge in [-0.1, -0.05) is 24.3 Å². The van der Waals surface area contributed by atoms with Crippen LogP contribution in [-0.4, -0.2) is 219 Å². The lowest BCUT2D eigenvalue weighted by atomic mass is 10.0. The summed E-state index contributed by atoms with van der Waals surface area (Å²) in [6, 6.07) is 14.9. The number of fused-ring (bicyclic) bond motifs is 16. The molecule has 0 aliphatic carbocycles. The number of hydrogen-bond acceptors (Lipinski definition) is 15. The normalized spacial score (nSPS) is 22.6. The van der Waals surface area contributed by atoms with E-state index in [4.69, 9.17) is 0 Å². The van der Waals surface area contributed by atoms with Gasteiger partial charge in [0.05, 0.1) is 33.4 Å². The van der Waals surface area contributed by atoms with Crippen LogP contribution in [0.15, 0.2) is 72.8 Å². The van der Waals surface area contributed by atoms with E-state index in [1.54, 1.807) is 30.0 Å². The van der Waals surface area contributed by atoms with E-state index in [0.29, 0.717) is 5.56 Å². The monoisotopic (exact) mass is 1100 g/mol. The molecular weight excluding hydrogens is 1030 g/mol. The first-order valence-corrected chi connectivity index (χ1v) is 26.0. The molecule has 0 radical (unpaired) electrons. The van der Waals surface area contributed by atoms with Gasteiger partial charge in [0.2, 0.25) is 0 Å². The van der Waals surface area contributed by atoms with Gasteiger partial charge in [-0.25, -0.2) is 8.78 Å². The maximum Gasteiger partial charge on any atom is 0.259 e. The Morgan fingerprint density at radius 1 is 0.367 bits per heavy atom. The molecular formula is C54H66F2N12O11. The number of phenols is 3. The van der Waals surface area contributed by atoms with Crippen molar-refractivity contribution in [3.63, 3.8) is 0 Å². The largest absolute Gasteiger partial charge is 0.506 e. The molecule has 0 spiro atoms. The van der Waals surface area contributed by atoms with E-state index in [1.807, 2.05) is 9.80 Å². The van der Waals surface area contributed by atoms with E-state index >= 15 is 8.78 Å². The number of amides is 8. The van der Waals surface area contributed by atoms with Gasteiger partial charge in [0, 0.05) is 135 Å². The Hall–Kier alpha value is -8.26. The first kappa shape index (κ1) is 58.4. The molecule has 12 bridgehead atoms. The van der Waals surface area contributed by atoms with Crippen molar-refractivity contribution >= 4 is 47.3 Å². The lowest BCUT2D eigenvalue weighted by Gasteiger charge is -2.31. The first-order chi connectivity index (χ1) is 38.0. The number of nitrogens with one attached hydrogen (secondary N) is 8. The highest BCUT2D eigenvalue weighted by atomic mass is 19.3. The number of halogens is 2. The molecule has 11 N–H and O–H groups in total. The summed E-state index contributed by atoms with van der Waals surface area (Å²) in [5, 5.41) is 55.7. The number of nitrogens with zero attached hydrogens (tertiary/aromatic N) is 4. The Kier molecular flexibility index (Phi) is 20.6. The van der Waals surface area contributed by atoms with Crippen LogP contribution in [0.3, 0.4) is 0 Å². The molecule has 4 aromatic carbocycles. The summed E-state index contributed by atoms with van der Waals surface area (Å²) in [5.41, 5.74) is -0.645. The highest BCUT2D eigenvalue weighted by molar-refractivity contribution is 6.06. The first-order valence-electron chi connectivity index (χ1n) is 26.0. The van der Waals surface area contributed by atoms with E-state index in [0.717, 1.165) is 0 Å². The van der Waals surface area contributed by atoms with Crippen LogP contribution in [0.2, 0.25) is 0 Å². The molecule has 0 saturated carbocycles. The summed E-state index contributed by atoms with van der Waals surface area (Å²) in [6.45, 7) is 2.22. The van der Waals surface area contributed by atoms with Crippen LogP contribution in [0.5, 0.6) is 17.2 Å². The third-order valence-corrected chi connectivity index (χ3v) is 13.9. The van der Waals surface area contributed by atoms with Gasteiger partial charge in [0.25, 0.3) is 53.7 Å². The second-order valence-corrected chi connectivity index (χ2v) is 19.1. The molecule has 0 fully saturated rings. The Balaban J connectivity index is 1.32. The summed E-state index contributed by atoms with van der Waals surface area (Å²) >= 11 is 0. The minimum Gasteiger partial charge on any atom is -0.506 e. The van der Waals surface area contributed by atoms with E-state index in [1.165, 1.54) is 59.5 Å². The van der Waals surface area contributed by atoms with Crippen molar-refractivity contribution < 1.29 is 62.5 Å². The molecule has 4 aliphatic rings. The van der Waals surface area contributed by atoms with Gasteiger partial charge >= 0.3 is 0 Å². The number of aromatic hydroxyl groups is 3. The third-order valence-electron chi connectivity index (χ3n) is 13.9. The van der Waals surface area contributed by atoms with Crippen LogP contribution < -0.4 is 42.5 Å². The summed E-state index contributed by atoms with van der Waals surface area (Å²) in [4.78, 5) is 117. The minimum atomic E-state index is -3.19. The van der Waals surface area contributed by atoms with Crippen molar-refractivity contribution in [1.29, 1.82) is 0 Å². The minimum absolute atomic E-state index is 0.00338. The zero-order chi connectivity index (χ0) is 56.6. The molecule has 25 heteroatoms. The van der Waals surface area contributed by atoms with Crippen molar-refractivity contribution in [2.75, 3.05) is 124 Å². The Morgan fingerprint density at radius 2 is 0.595 bits per heavy atom. The number of para-hydroxylation sites is 3. The van der Waals surface area contributed by atoms with Gasteiger partial charge in [-0.15, -0.1) is 0 Å². The lowest BCUT2D eigenvalue weighted by Crippen LogP contribution is -2.51. The number of hydrogen-bond donors (Lipinski definition) is 11. The van der Waals surface area contributed by atoms with Crippen LogP contribution in [0.1, 0.15) is 88.4 Å². The van der Waals surface area contributed by atoms with Crippen molar-refractivity contribution in [3.8, 4) is 17.2 Å². The maximum absolute atomic E-state index is 15.1. The van der Waals surface area contributed by atoms with Crippen LogP contribution in [0.25, 0.3) is 0 Å². The summed E-state index contributed by atoms with van der Waals surface area (Å²) < 4.78 is 30.3. The van der Waals surface area contributed by atoms with E-state index in [-0.39, 0.29) is 157 Å². The molecule has 5 unspecified atom stereocenters. The Bertz CT molecular complexity index is 2820. The highest BCUT2D eigenvalue weighted by Crippen LogP contribution is 2.25. The molecule has 422 valence electrons. The smallest absolute Gasteiger partial charge is 0.259 e. The van der Waals surface area contributed by atoms with Crippen LogP contribution in [0.4, 0.5) is 8.78 Å². The van der Waals surface area contributed by atoms with E-state index in [9.17, 15) is 53.7 Å². The van der Waals surface area contributed by atoms with Gasteiger partial charge in [-0.3, -0.25) is 58.0 Å². The fraction of sp³-hybridized carbons (Fsp3) is 0.407. The number of carbonyl (C=O) groups is 8. The molecule has 8 rings (SSSR count). The SMILES string of the molecule is Cc1c2cccc1C(=O)NCCN1CCNC(=O)c3cccc(c3O)C(=O)NCCN(CCNC2=O)CCN2CCNC(=O)c3cccc(c3O)C(=O)NCCN(CC1)CC(C(F)F)NC(=O)c1cccc(c1O)C(=O)NCC2. The molecule has 4 aromatic rings. The molecule has 8 amide bonds. The second-order valence-electron chi connectivity index (χ2n) is 19.1. The van der Waals surface area contributed by atoms with E-state index in [2.05, 4.69) is 42.5 Å². The second kappa shape index (κ2) is 27.9. The van der Waals surface area contributed by atoms with Crippen LogP contribution in [0, 0.1) is 6.92 Å². The predicted molar refractivity (Wildman–Crippen MR) is 285 cm³/mol. The maximum atomic E-state index is 15.1. The van der Waals surface area contributed by atoms with Crippen molar-refractivity contribution in [1.82, 2.24) is 62.1 Å². The number of phenolic OH excluding ortho intramolecular Hbond substituents is 3. The molecule has 0 saturated heterocycles. The Labute approximate surface area is 454 Å². The summed E-state index contributed by atoms with van der Waals surface area (Å²) in [5.74, 6) is -7.59. The Morgan fingerprint density at radius 3 is 0.873 bits per heavy atom. The zero-order valence-electron chi connectivity index (χ0n) is 43.7. The molecule has 4 aliphatic heterocycles. The number of carbonyl (C=O) groups excluding carboxylic acids is 8. The van der Waals surface area contributed by atoms with Crippen molar-refractivity contribution in [2.45, 2.75) is 19.4 Å². The van der Waals surface area contributed by atoms with Gasteiger partial charge in [-0.05, 0) is 61.0 Å². The van der Waals surface area contributed by atoms with Gasteiger partial charge in [0.15, 0.2) is 0 Å². The summed E-state index contributed by atoms with van der Waals surface area (Å²) in [6.07, 6.45) is -3.19. The predicted octanol–water partition coefficient (Wildman–Crippen LogP) is -0.0667. The molecule has 4 heterocycles. The van der Waals surface area contributed by atoms with Gasteiger partial charge < -0.3 is 57.9 Å². The quantitative estimate of drug-likeness (QED) is 0.119. The molecule has 23 nitrogen and oxygen atoms in total. The average Bonchev–Trinajstić information content (AvgIpc) is 3.43. The fourth-order valence-electron chi connectivity index (χ4n) is 9.40. The number of alkyl halides is 2. The van der Waals surface area contributed by atoms with Crippen LogP contribution >= 0.6 is 0 Å². The van der Waals surface area contributed by atoms with E-state index < -0.39 is 89.1 Å². The molecule has 0 aromatic heterocycles. The number of benzene rings is 4. The fourth-order valence-corrected chi connectivity index (χ4v) is 9.40. The molecule has 79 heavy (non-hydrogen) atoms. The van der Waals surface area contributed by atoms with Gasteiger partial charge in [0.1, 0.15) is 23.3 Å². The molecule has 5 atom stereocenters. The lowest BCUT2D eigenvalue weighted by molar-refractivity contribution is 0.0605. The summed E-state index contributed by atoms with van der Waals surface area (Å²) in [7, 11) is 0. The third kappa shape index (κ3) is 15.5. The van der Waals surface area contributed by atoms with Crippen molar-refractivity contribution in [3.05, 3.63) is 123 Å².